The zero-order valence-corrected chi connectivity index (χ0v) is 14.0. The standard InChI is InChI=1S/C13H19N2O8P/c1-7(2)23-24(19)20-5-8-9(6-21-24)22-12(11(8)17)15-4-3-10(16)14-13(15)18/h3-4,7-9,11-12,17H,5-6H2,1-2H3,(H,14,16,18)/t8-,9-,11-,12-,24?/m1/s1. The number of rotatable bonds is 3. The van der Waals surface area contributed by atoms with E-state index in [9.17, 15) is 19.3 Å². The number of nitrogens with zero attached hydrogens (tertiary/aromatic N) is 1. The highest BCUT2D eigenvalue weighted by molar-refractivity contribution is 7.48. The van der Waals surface area contributed by atoms with Crippen LogP contribution in [0.4, 0.5) is 0 Å². The number of fused-ring (bicyclic) bond motifs is 1. The van der Waals surface area contributed by atoms with Crippen molar-refractivity contribution >= 4 is 7.82 Å². The van der Waals surface area contributed by atoms with Gasteiger partial charge in [0.25, 0.3) is 5.56 Å². The van der Waals surface area contributed by atoms with E-state index in [0.717, 1.165) is 10.6 Å². The van der Waals surface area contributed by atoms with Gasteiger partial charge in [0.1, 0.15) is 6.10 Å². The van der Waals surface area contributed by atoms with E-state index in [1.807, 2.05) is 0 Å². The van der Waals surface area contributed by atoms with Gasteiger partial charge < -0.3 is 9.84 Å². The normalized spacial score (nSPS) is 36.5. The molecule has 2 N–H and O–H groups in total. The number of aromatic amines is 1. The summed E-state index contributed by atoms with van der Waals surface area (Å²) in [6.07, 6.45) is -1.84. The number of nitrogens with one attached hydrogen (secondary N) is 1. The number of aromatic nitrogens is 2. The second-order valence-electron chi connectivity index (χ2n) is 5.93. The molecule has 0 spiro atoms. The van der Waals surface area contributed by atoms with Crippen molar-refractivity contribution in [1.82, 2.24) is 9.55 Å². The number of phosphoric acid groups is 1. The molecule has 2 aliphatic heterocycles. The van der Waals surface area contributed by atoms with Crippen molar-refractivity contribution in [2.24, 2.45) is 5.92 Å². The number of aliphatic hydroxyl groups excluding tert-OH is 1. The molecule has 2 saturated heterocycles. The summed E-state index contributed by atoms with van der Waals surface area (Å²) in [4.78, 5) is 25.1. The summed E-state index contributed by atoms with van der Waals surface area (Å²) in [6.45, 7) is 3.18. The lowest BCUT2D eigenvalue weighted by molar-refractivity contribution is -0.0535. The van der Waals surface area contributed by atoms with E-state index in [-0.39, 0.29) is 19.3 Å². The fourth-order valence-electron chi connectivity index (χ4n) is 2.72. The van der Waals surface area contributed by atoms with Gasteiger partial charge in [-0.2, -0.15) is 0 Å². The Morgan fingerprint density at radius 2 is 2.08 bits per heavy atom. The Labute approximate surface area is 136 Å². The highest BCUT2D eigenvalue weighted by Crippen LogP contribution is 2.54. The number of H-pyrrole nitrogens is 1. The van der Waals surface area contributed by atoms with Crippen molar-refractivity contribution < 1.29 is 28.0 Å². The van der Waals surface area contributed by atoms with E-state index >= 15 is 0 Å². The summed E-state index contributed by atoms with van der Waals surface area (Å²) in [5, 5.41) is 10.5. The first-order valence-electron chi connectivity index (χ1n) is 7.51. The van der Waals surface area contributed by atoms with Crippen molar-refractivity contribution in [2.45, 2.75) is 38.4 Å². The van der Waals surface area contributed by atoms with E-state index in [1.165, 1.54) is 6.20 Å². The van der Waals surface area contributed by atoms with E-state index in [0.29, 0.717) is 0 Å². The van der Waals surface area contributed by atoms with E-state index < -0.39 is 43.4 Å². The SMILES string of the molecule is CC(C)OP1(=O)OC[C@H]2[C@@H](O)[C@H](n3ccc(=O)[nH]c3=O)O[C@@H]2CO1. The minimum Gasteiger partial charge on any atom is -0.388 e. The van der Waals surface area contributed by atoms with Crippen LogP contribution in [0.25, 0.3) is 0 Å². The van der Waals surface area contributed by atoms with Gasteiger partial charge in [-0.3, -0.25) is 27.9 Å². The fraction of sp³-hybridized carbons (Fsp3) is 0.692. The first-order chi connectivity index (χ1) is 11.3. The number of hydrogen-bond donors (Lipinski definition) is 2. The summed E-state index contributed by atoms with van der Waals surface area (Å²) in [5.41, 5.74) is -1.24. The van der Waals surface area contributed by atoms with Crippen molar-refractivity contribution in [3.8, 4) is 0 Å². The number of phosphoric ester groups is 1. The zero-order chi connectivity index (χ0) is 17.5. The lowest BCUT2D eigenvalue weighted by atomic mass is 9.99. The van der Waals surface area contributed by atoms with Gasteiger partial charge in [0.15, 0.2) is 6.23 Å². The van der Waals surface area contributed by atoms with Gasteiger partial charge in [0.2, 0.25) is 0 Å². The Balaban J connectivity index is 1.78. The second kappa shape index (κ2) is 6.55. The molecule has 134 valence electrons. The molecule has 0 saturated carbocycles. The molecule has 1 unspecified atom stereocenters. The molecule has 10 nitrogen and oxygen atoms in total. The molecule has 0 bridgehead atoms. The molecular weight excluding hydrogens is 343 g/mol. The third-order valence-corrected chi connectivity index (χ3v) is 5.42. The first kappa shape index (κ1) is 17.5. The molecule has 0 aliphatic carbocycles. The third kappa shape index (κ3) is 3.39. The van der Waals surface area contributed by atoms with Crippen LogP contribution in [-0.2, 0) is 22.9 Å². The van der Waals surface area contributed by atoms with Gasteiger partial charge in [-0.25, -0.2) is 9.36 Å². The van der Waals surface area contributed by atoms with Gasteiger partial charge in [0.05, 0.1) is 25.4 Å². The second-order valence-corrected chi connectivity index (χ2v) is 7.55. The largest absolute Gasteiger partial charge is 0.475 e. The van der Waals surface area contributed by atoms with Crippen molar-refractivity contribution in [3.63, 3.8) is 0 Å². The Morgan fingerprint density at radius 1 is 1.38 bits per heavy atom. The molecule has 3 heterocycles. The monoisotopic (exact) mass is 362 g/mol. The van der Waals surface area contributed by atoms with Crippen molar-refractivity contribution in [1.29, 1.82) is 0 Å². The van der Waals surface area contributed by atoms with Crippen LogP contribution < -0.4 is 11.2 Å². The van der Waals surface area contributed by atoms with Crippen LogP contribution in [0.3, 0.4) is 0 Å². The summed E-state index contributed by atoms with van der Waals surface area (Å²) >= 11 is 0. The average Bonchev–Trinajstić information content (AvgIpc) is 2.69. The van der Waals surface area contributed by atoms with Crippen molar-refractivity contribution in [3.05, 3.63) is 33.1 Å². The summed E-state index contributed by atoms with van der Waals surface area (Å²) in [5.74, 6) is -0.555. The lowest BCUT2D eigenvalue weighted by Gasteiger charge is -2.21. The minimum atomic E-state index is -3.71. The van der Waals surface area contributed by atoms with Gasteiger partial charge in [-0.15, -0.1) is 0 Å². The number of aliphatic hydroxyl groups is 1. The molecule has 1 aromatic rings. The minimum absolute atomic E-state index is 0.107. The van der Waals surface area contributed by atoms with E-state index in [2.05, 4.69) is 4.98 Å². The maximum Gasteiger partial charge on any atom is 0.475 e. The van der Waals surface area contributed by atoms with Gasteiger partial charge >= 0.3 is 13.5 Å². The number of hydrogen-bond acceptors (Lipinski definition) is 8. The summed E-state index contributed by atoms with van der Waals surface area (Å²) in [7, 11) is -3.71. The zero-order valence-electron chi connectivity index (χ0n) is 13.2. The maximum absolute atomic E-state index is 12.3. The van der Waals surface area contributed by atoms with E-state index in [4.69, 9.17) is 18.3 Å². The number of ether oxygens (including phenoxy) is 1. The molecule has 1 aromatic heterocycles. The van der Waals surface area contributed by atoms with Gasteiger partial charge in [-0.05, 0) is 13.8 Å². The smallest absolute Gasteiger partial charge is 0.388 e. The molecule has 2 fully saturated rings. The Bertz CT molecular complexity index is 759. The molecule has 24 heavy (non-hydrogen) atoms. The molecule has 0 aromatic carbocycles. The summed E-state index contributed by atoms with van der Waals surface area (Å²) < 4.78 is 34.8. The van der Waals surface area contributed by atoms with Crippen LogP contribution in [0.5, 0.6) is 0 Å². The van der Waals surface area contributed by atoms with Gasteiger partial charge in [-0.1, -0.05) is 0 Å². The highest BCUT2D eigenvalue weighted by atomic mass is 31.2. The molecule has 3 rings (SSSR count). The molecule has 5 atom stereocenters. The van der Waals surface area contributed by atoms with Crippen LogP contribution in [0, 0.1) is 5.92 Å². The van der Waals surface area contributed by atoms with Crippen molar-refractivity contribution in [2.75, 3.05) is 13.2 Å². The Kier molecular flexibility index (Phi) is 4.78. The molecule has 2 aliphatic rings. The van der Waals surface area contributed by atoms with E-state index in [1.54, 1.807) is 13.8 Å². The average molecular weight is 362 g/mol. The Morgan fingerprint density at radius 3 is 2.75 bits per heavy atom. The maximum atomic E-state index is 12.3. The summed E-state index contributed by atoms with van der Waals surface area (Å²) in [6, 6.07) is 1.16. The molecule has 0 amide bonds. The fourth-order valence-corrected chi connectivity index (χ4v) is 4.11. The molecule has 0 radical (unpaired) electrons. The van der Waals surface area contributed by atoms with Crippen LogP contribution >= 0.6 is 7.82 Å². The highest BCUT2D eigenvalue weighted by Gasteiger charge is 2.49. The van der Waals surface area contributed by atoms with Crippen LogP contribution in [0.1, 0.15) is 20.1 Å². The van der Waals surface area contributed by atoms with Crippen LogP contribution in [0.15, 0.2) is 21.9 Å². The first-order valence-corrected chi connectivity index (χ1v) is 8.98. The lowest BCUT2D eigenvalue weighted by Crippen LogP contribution is -2.36. The predicted molar refractivity (Wildman–Crippen MR) is 80.5 cm³/mol. The van der Waals surface area contributed by atoms with Crippen LogP contribution in [0.2, 0.25) is 0 Å². The predicted octanol–water partition coefficient (Wildman–Crippen LogP) is -0.00900. The van der Waals surface area contributed by atoms with Crippen LogP contribution in [-0.4, -0.2) is 46.2 Å². The molecule has 11 heteroatoms. The molecular formula is C13H19N2O8P. The Hall–Kier alpha value is -1.29. The van der Waals surface area contributed by atoms with Gasteiger partial charge in [0, 0.05) is 18.2 Å². The third-order valence-electron chi connectivity index (χ3n) is 3.81. The quantitative estimate of drug-likeness (QED) is 0.719. The topological polar surface area (TPSA) is 129 Å².